The highest BCUT2D eigenvalue weighted by molar-refractivity contribution is 8.00. The first-order chi connectivity index (χ1) is 12.0. The van der Waals surface area contributed by atoms with Gasteiger partial charge in [-0.1, -0.05) is 6.07 Å². The van der Waals surface area contributed by atoms with E-state index in [0.717, 1.165) is 32.7 Å². The van der Waals surface area contributed by atoms with Gasteiger partial charge in [0.15, 0.2) is 0 Å². The number of fused-ring (bicyclic) bond motifs is 1. The maximum absolute atomic E-state index is 11.6. The van der Waals surface area contributed by atoms with Crippen molar-refractivity contribution in [3.8, 4) is 0 Å². The standard InChI is InChI=1S/C17H19BN2O4S/c1-10-5-12-9-24-18(22)14(12)8-15(10)20-25-16-4-3-13(19)6-11(16)7-17(21)23-2/h3-6,8,20,22H,7,9,19H2,1-2H3. The Balaban J connectivity index is 1.80. The summed E-state index contributed by atoms with van der Waals surface area (Å²) in [5.74, 6) is -0.318. The summed E-state index contributed by atoms with van der Waals surface area (Å²) < 4.78 is 13.3. The van der Waals surface area contributed by atoms with Gasteiger partial charge in [-0.05, 0) is 65.3 Å². The number of anilines is 2. The summed E-state index contributed by atoms with van der Waals surface area (Å²) >= 11 is 1.39. The Morgan fingerprint density at radius 2 is 2.24 bits per heavy atom. The molecule has 0 atom stereocenters. The normalized spacial score (nSPS) is 12.8. The smallest absolute Gasteiger partial charge is 0.469 e. The predicted molar refractivity (Wildman–Crippen MR) is 99.6 cm³/mol. The molecule has 8 heteroatoms. The number of hydrogen-bond acceptors (Lipinski definition) is 7. The van der Waals surface area contributed by atoms with Crippen molar-refractivity contribution >= 4 is 41.9 Å². The van der Waals surface area contributed by atoms with Gasteiger partial charge in [-0.25, -0.2) is 0 Å². The lowest BCUT2D eigenvalue weighted by atomic mass is 9.79. The molecule has 6 nitrogen and oxygen atoms in total. The lowest BCUT2D eigenvalue weighted by Gasteiger charge is -2.13. The van der Waals surface area contributed by atoms with Gasteiger partial charge >= 0.3 is 13.1 Å². The summed E-state index contributed by atoms with van der Waals surface area (Å²) in [6, 6.07) is 9.33. The molecule has 0 fully saturated rings. The maximum atomic E-state index is 11.6. The van der Waals surface area contributed by atoms with Crippen molar-refractivity contribution in [3.05, 3.63) is 47.0 Å². The number of carbonyl (C=O) groups excluding carboxylic acids is 1. The van der Waals surface area contributed by atoms with E-state index in [1.165, 1.54) is 19.1 Å². The minimum atomic E-state index is -0.882. The van der Waals surface area contributed by atoms with Crippen molar-refractivity contribution in [3.63, 3.8) is 0 Å². The van der Waals surface area contributed by atoms with Crippen LogP contribution in [0.4, 0.5) is 11.4 Å². The third-order valence-electron chi connectivity index (χ3n) is 4.07. The number of methoxy groups -OCH3 is 1. The molecule has 0 radical (unpaired) electrons. The highest BCUT2D eigenvalue weighted by Crippen LogP contribution is 2.29. The number of aryl methyl sites for hydroxylation is 1. The Hall–Kier alpha value is -2.16. The predicted octanol–water partition coefficient (Wildman–Crippen LogP) is 1.63. The first kappa shape index (κ1) is 17.7. The Labute approximate surface area is 151 Å². The van der Waals surface area contributed by atoms with Gasteiger partial charge in [0.05, 0.1) is 20.1 Å². The monoisotopic (exact) mass is 358 g/mol. The topological polar surface area (TPSA) is 93.8 Å². The van der Waals surface area contributed by atoms with Crippen LogP contribution in [0.5, 0.6) is 0 Å². The molecule has 1 heterocycles. The second-order valence-electron chi connectivity index (χ2n) is 5.85. The molecule has 4 N–H and O–H groups in total. The van der Waals surface area contributed by atoms with Crippen molar-refractivity contribution in [1.29, 1.82) is 0 Å². The lowest BCUT2D eigenvalue weighted by molar-refractivity contribution is -0.139. The third-order valence-corrected chi connectivity index (χ3v) is 5.01. The molecule has 0 bridgehead atoms. The van der Waals surface area contributed by atoms with Crippen LogP contribution in [0.15, 0.2) is 35.2 Å². The van der Waals surface area contributed by atoms with E-state index in [-0.39, 0.29) is 12.4 Å². The van der Waals surface area contributed by atoms with Crippen LogP contribution in [0, 0.1) is 6.92 Å². The first-order valence-electron chi connectivity index (χ1n) is 7.79. The van der Waals surface area contributed by atoms with Gasteiger partial charge < -0.3 is 24.9 Å². The zero-order valence-electron chi connectivity index (χ0n) is 14.0. The molecule has 3 rings (SSSR count). The van der Waals surface area contributed by atoms with Gasteiger partial charge in [0.25, 0.3) is 0 Å². The van der Waals surface area contributed by atoms with Gasteiger partial charge in [-0.3, -0.25) is 4.79 Å². The van der Waals surface area contributed by atoms with Crippen LogP contribution < -0.4 is 15.9 Å². The van der Waals surface area contributed by atoms with E-state index in [1.54, 1.807) is 12.1 Å². The second kappa shape index (κ2) is 7.39. The van der Waals surface area contributed by atoms with Gasteiger partial charge in [0.1, 0.15) is 0 Å². The van der Waals surface area contributed by atoms with Gasteiger partial charge in [-0.2, -0.15) is 0 Å². The average Bonchev–Trinajstić information content (AvgIpc) is 2.94. The summed E-state index contributed by atoms with van der Waals surface area (Å²) in [4.78, 5) is 12.5. The first-order valence-corrected chi connectivity index (χ1v) is 8.60. The largest absolute Gasteiger partial charge is 0.491 e. The number of hydrogen-bond donors (Lipinski definition) is 3. The SMILES string of the molecule is COC(=O)Cc1cc(N)ccc1SNc1cc2c(cc1C)COB2O. The van der Waals surface area contributed by atoms with E-state index in [4.69, 9.17) is 15.1 Å². The second-order valence-corrected chi connectivity index (χ2v) is 6.70. The number of nitrogens with one attached hydrogen (secondary N) is 1. The molecule has 1 aliphatic heterocycles. The molecular weight excluding hydrogens is 339 g/mol. The number of carbonyl (C=O) groups is 1. The van der Waals surface area contributed by atoms with Gasteiger partial charge in [0, 0.05) is 16.3 Å². The van der Waals surface area contributed by atoms with E-state index in [2.05, 4.69) is 4.72 Å². The number of ether oxygens (including phenoxy) is 1. The molecule has 25 heavy (non-hydrogen) atoms. The number of benzene rings is 2. The minimum absolute atomic E-state index is 0.154. The number of rotatable bonds is 5. The Bertz CT molecular complexity index is 815. The highest BCUT2D eigenvalue weighted by Gasteiger charge is 2.28. The fourth-order valence-electron chi connectivity index (χ4n) is 2.68. The molecule has 0 saturated carbocycles. The quantitative estimate of drug-likeness (QED) is 0.324. The third kappa shape index (κ3) is 3.92. The van der Waals surface area contributed by atoms with E-state index >= 15 is 0 Å². The van der Waals surface area contributed by atoms with Crippen molar-refractivity contribution in [1.82, 2.24) is 0 Å². The van der Waals surface area contributed by atoms with Gasteiger partial charge in [0.2, 0.25) is 0 Å². The molecule has 0 saturated heterocycles. The fourth-order valence-corrected chi connectivity index (χ4v) is 3.52. The molecule has 130 valence electrons. The van der Waals surface area contributed by atoms with Crippen LogP contribution in [0.25, 0.3) is 0 Å². The zero-order valence-corrected chi connectivity index (χ0v) is 14.9. The summed E-state index contributed by atoms with van der Waals surface area (Å²) in [5.41, 5.74) is 10.9. The molecular formula is C17H19BN2O4S. The zero-order chi connectivity index (χ0) is 18.0. The number of esters is 1. The molecule has 0 spiro atoms. The summed E-state index contributed by atoms with van der Waals surface area (Å²) in [5, 5.41) is 9.86. The lowest BCUT2D eigenvalue weighted by Crippen LogP contribution is -2.28. The van der Waals surface area contributed by atoms with Crippen LogP contribution in [-0.2, 0) is 27.2 Å². The van der Waals surface area contributed by atoms with Crippen LogP contribution in [-0.4, -0.2) is 25.2 Å². The Morgan fingerprint density at radius 3 is 3.00 bits per heavy atom. The van der Waals surface area contributed by atoms with E-state index in [0.29, 0.717) is 12.3 Å². The maximum Gasteiger partial charge on any atom is 0.491 e. The average molecular weight is 358 g/mol. The molecule has 0 amide bonds. The van der Waals surface area contributed by atoms with Crippen molar-refractivity contribution in [2.45, 2.75) is 24.8 Å². The van der Waals surface area contributed by atoms with Crippen LogP contribution in [0.2, 0.25) is 0 Å². The van der Waals surface area contributed by atoms with Crippen molar-refractivity contribution < 1.29 is 19.2 Å². The van der Waals surface area contributed by atoms with E-state index in [9.17, 15) is 9.82 Å². The minimum Gasteiger partial charge on any atom is -0.469 e. The summed E-state index contributed by atoms with van der Waals surface area (Å²) in [7, 11) is 0.480. The van der Waals surface area contributed by atoms with Crippen LogP contribution >= 0.6 is 11.9 Å². The molecule has 0 aliphatic carbocycles. The highest BCUT2D eigenvalue weighted by atomic mass is 32.2. The fraction of sp³-hybridized carbons (Fsp3) is 0.235. The number of nitrogens with two attached hydrogens (primary N) is 1. The van der Waals surface area contributed by atoms with Crippen molar-refractivity contribution in [2.75, 3.05) is 17.6 Å². The molecule has 2 aromatic carbocycles. The molecule has 0 unspecified atom stereocenters. The molecule has 1 aliphatic rings. The van der Waals surface area contributed by atoms with E-state index < -0.39 is 7.12 Å². The summed E-state index contributed by atoms with van der Waals surface area (Å²) in [6.45, 7) is 2.41. The van der Waals surface area contributed by atoms with Gasteiger partial charge in [-0.15, -0.1) is 0 Å². The number of nitrogen functional groups attached to an aromatic ring is 1. The Kier molecular flexibility index (Phi) is 5.22. The molecule has 0 aromatic heterocycles. The van der Waals surface area contributed by atoms with Crippen LogP contribution in [0.3, 0.4) is 0 Å². The van der Waals surface area contributed by atoms with E-state index in [1.807, 2.05) is 25.1 Å². The Morgan fingerprint density at radius 1 is 1.44 bits per heavy atom. The summed E-state index contributed by atoms with van der Waals surface area (Å²) in [6.07, 6.45) is 0.154. The molecule has 2 aromatic rings. The van der Waals surface area contributed by atoms with Crippen LogP contribution in [0.1, 0.15) is 16.7 Å². The van der Waals surface area contributed by atoms with Crippen molar-refractivity contribution in [2.24, 2.45) is 0 Å².